The maximum absolute atomic E-state index is 11.8. The maximum Gasteiger partial charge on any atom is 0.322 e. The monoisotopic (exact) mass is 296 g/mol. The second-order valence-electron chi connectivity index (χ2n) is 5.39. The number of nitrogens with zero attached hydrogens (tertiary/aromatic N) is 3. The lowest BCUT2D eigenvalue weighted by molar-refractivity contribution is -0.145. The van der Waals surface area contributed by atoms with Crippen LogP contribution >= 0.6 is 0 Å². The van der Waals surface area contributed by atoms with Gasteiger partial charge in [-0.15, -0.1) is 5.10 Å². The molecule has 116 valence electrons. The first-order valence-corrected chi connectivity index (χ1v) is 6.89. The largest absolute Gasteiger partial charge is 0.469 e. The van der Waals surface area contributed by atoms with Crippen LogP contribution in [0.5, 0.6) is 0 Å². The zero-order valence-corrected chi connectivity index (χ0v) is 12.5. The lowest BCUT2D eigenvalue weighted by Crippen LogP contribution is -2.35. The summed E-state index contributed by atoms with van der Waals surface area (Å²) in [6.45, 7) is 2.31. The molecule has 0 radical (unpaired) electrons. The normalized spacial score (nSPS) is 15.8. The number of carbonyl (C=O) groups excluding carboxylic acids is 2. The van der Waals surface area contributed by atoms with Crippen LogP contribution in [-0.4, -0.2) is 54.2 Å². The number of ether oxygens (including phenoxy) is 1. The van der Waals surface area contributed by atoms with E-state index in [2.05, 4.69) is 20.3 Å². The Balaban J connectivity index is 1.76. The van der Waals surface area contributed by atoms with E-state index in [1.165, 1.54) is 7.11 Å². The standard InChI is InChI=1S/C13H20N4O4/c1-8(12(19)20-3)6-17(2)7-10(18)14-13-16-15-11(21-13)9-4-5-9/h8-9H,4-7H2,1-3H3,(H,14,16,18). The lowest BCUT2D eigenvalue weighted by Gasteiger charge is -2.18. The molecule has 8 heteroatoms. The van der Waals surface area contributed by atoms with Crippen LogP contribution in [0, 0.1) is 5.92 Å². The van der Waals surface area contributed by atoms with Crippen LogP contribution in [0.4, 0.5) is 6.01 Å². The van der Waals surface area contributed by atoms with E-state index in [4.69, 9.17) is 4.42 Å². The molecule has 21 heavy (non-hydrogen) atoms. The summed E-state index contributed by atoms with van der Waals surface area (Å²) in [6, 6.07) is 0.122. The van der Waals surface area contributed by atoms with E-state index < -0.39 is 0 Å². The highest BCUT2D eigenvalue weighted by atomic mass is 16.5. The molecule has 2 rings (SSSR count). The van der Waals surface area contributed by atoms with E-state index in [-0.39, 0.29) is 30.4 Å². The van der Waals surface area contributed by atoms with Gasteiger partial charge in [0.2, 0.25) is 11.8 Å². The Morgan fingerprint density at radius 3 is 2.81 bits per heavy atom. The molecule has 1 fully saturated rings. The topological polar surface area (TPSA) is 97.6 Å². The first-order chi connectivity index (χ1) is 9.99. The second kappa shape index (κ2) is 6.66. The number of nitrogens with one attached hydrogen (secondary N) is 1. The summed E-state index contributed by atoms with van der Waals surface area (Å²) in [5.74, 6) is 0.0798. The third-order valence-corrected chi connectivity index (χ3v) is 3.22. The Bertz CT molecular complexity index is 512. The van der Waals surface area contributed by atoms with Crippen molar-refractivity contribution in [2.24, 2.45) is 5.92 Å². The minimum absolute atomic E-state index is 0.122. The summed E-state index contributed by atoms with van der Waals surface area (Å²) in [5, 5.41) is 10.2. The maximum atomic E-state index is 11.8. The van der Waals surface area contributed by atoms with E-state index in [1.807, 2.05) is 0 Å². The molecule has 1 aliphatic rings. The summed E-state index contributed by atoms with van der Waals surface area (Å²) >= 11 is 0. The number of hydrogen-bond donors (Lipinski definition) is 1. The fourth-order valence-electron chi connectivity index (χ4n) is 1.99. The first-order valence-electron chi connectivity index (χ1n) is 6.89. The average Bonchev–Trinajstić information content (AvgIpc) is 3.18. The van der Waals surface area contributed by atoms with Crippen molar-refractivity contribution >= 4 is 17.9 Å². The first kappa shape index (κ1) is 15.4. The average molecular weight is 296 g/mol. The van der Waals surface area contributed by atoms with Crippen LogP contribution in [0.15, 0.2) is 4.42 Å². The Labute approximate surface area is 122 Å². The highest BCUT2D eigenvalue weighted by molar-refractivity contribution is 5.90. The molecule has 1 aromatic heterocycles. The van der Waals surface area contributed by atoms with E-state index in [0.29, 0.717) is 18.4 Å². The van der Waals surface area contributed by atoms with Gasteiger partial charge in [0.25, 0.3) is 0 Å². The highest BCUT2D eigenvalue weighted by Crippen LogP contribution is 2.39. The fourth-order valence-corrected chi connectivity index (χ4v) is 1.99. The van der Waals surface area contributed by atoms with E-state index in [0.717, 1.165) is 12.8 Å². The summed E-state index contributed by atoms with van der Waals surface area (Å²) in [7, 11) is 3.10. The van der Waals surface area contributed by atoms with Crippen LogP contribution in [0.25, 0.3) is 0 Å². The molecule has 0 saturated heterocycles. The van der Waals surface area contributed by atoms with Crippen LogP contribution in [0.3, 0.4) is 0 Å². The summed E-state index contributed by atoms with van der Waals surface area (Å²) in [4.78, 5) is 24.9. The molecular formula is C13H20N4O4. The van der Waals surface area contributed by atoms with Gasteiger partial charge in [0.15, 0.2) is 0 Å². The highest BCUT2D eigenvalue weighted by Gasteiger charge is 2.29. The van der Waals surface area contributed by atoms with Gasteiger partial charge in [-0.1, -0.05) is 12.0 Å². The van der Waals surface area contributed by atoms with Crippen molar-refractivity contribution in [1.29, 1.82) is 0 Å². The summed E-state index contributed by atoms with van der Waals surface area (Å²) in [6.07, 6.45) is 2.12. The summed E-state index contributed by atoms with van der Waals surface area (Å²) in [5.41, 5.74) is 0. The second-order valence-corrected chi connectivity index (χ2v) is 5.39. The smallest absolute Gasteiger partial charge is 0.322 e. The molecule has 0 aliphatic heterocycles. The Kier molecular flexibility index (Phi) is 4.89. The predicted molar refractivity (Wildman–Crippen MR) is 73.6 cm³/mol. The number of anilines is 1. The molecule has 1 atom stereocenters. The van der Waals surface area contributed by atoms with Crippen molar-refractivity contribution in [3.05, 3.63) is 5.89 Å². The molecule has 1 unspecified atom stereocenters. The zero-order chi connectivity index (χ0) is 15.4. The zero-order valence-electron chi connectivity index (χ0n) is 12.5. The molecular weight excluding hydrogens is 276 g/mol. The number of esters is 1. The number of hydrogen-bond acceptors (Lipinski definition) is 7. The van der Waals surface area contributed by atoms with Gasteiger partial charge in [-0.3, -0.25) is 19.8 Å². The van der Waals surface area contributed by atoms with Gasteiger partial charge in [0.05, 0.1) is 19.6 Å². The van der Waals surface area contributed by atoms with Crippen molar-refractivity contribution in [1.82, 2.24) is 15.1 Å². The number of likely N-dealkylation sites (N-methyl/N-ethyl adjacent to an activating group) is 1. The number of methoxy groups -OCH3 is 1. The van der Waals surface area contributed by atoms with Gasteiger partial charge in [-0.2, -0.15) is 0 Å². The van der Waals surface area contributed by atoms with E-state index >= 15 is 0 Å². The van der Waals surface area contributed by atoms with Crippen LogP contribution in [-0.2, 0) is 14.3 Å². The molecule has 1 aliphatic carbocycles. The minimum Gasteiger partial charge on any atom is -0.469 e. The number of amides is 1. The lowest BCUT2D eigenvalue weighted by atomic mass is 10.2. The van der Waals surface area contributed by atoms with Crippen LogP contribution in [0.2, 0.25) is 0 Å². The van der Waals surface area contributed by atoms with Gasteiger partial charge in [-0.05, 0) is 19.9 Å². The number of rotatable bonds is 7. The van der Waals surface area contributed by atoms with Crippen molar-refractivity contribution < 1.29 is 18.7 Å². The molecule has 1 aromatic rings. The predicted octanol–water partition coefficient (Wildman–Crippen LogP) is 0.626. The van der Waals surface area contributed by atoms with Crippen molar-refractivity contribution in [3.63, 3.8) is 0 Å². The molecule has 1 amide bonds. The molecule has 1 saturated carbocycles. The van der Waals surface area contributed by atoms with Crippen LogP contribution in [0.1, 0.15) is 31.6 Å². The SMILES string of the molecule is COC(=O)C(C)CN(C)CC(=O)Nc1nnc(C2CC2)o1. The molecule has 1 heterocycles. The minimum atomic E-state index is -0.298. The van der Waals surface area contributed by atoms with Gasteiger partial charge in [0, 0.05) is 12.5 Å². The van der Waals surface area contributed by atoms with Gasteiger partial charge in [-0.25, -0.2) is 0 Å². The van der Waals surface area contributed by atoms with Crippen molar-refractivity contribution in [2.45, 2.75) is 25.7 Å². The molecule has 0 aromatic carbocycles. The quantitative estimate of drug-likeness (QED) is 0.737. The molecule has 0 spiro atoms. The molecule has 8 nitrogen and oxygen atoms in total. The third-order valence-electron chi connectivity index (χ3n) is 3.22. The Morgan fingerprint density at radius 1 is 1.48 bits per heavy atom. The number of aromatic nitrogens is 2. The molecule has 1 N–H and O–H groups in total. The summed E-state index contributed by atoms with van der Waals surface area (Å²) < 4.78 is 9.99. The third kappa shape index (κ3) is 4.52. The Morgan fingerprint density at radius 2 is 2.19 bits per heavy atom. The van der Waals surface area contributed by atoms with E-state index in [1.54, 1.807) is 18.9 Å². The van der Waals surface area contributed by atoms with Crippen LogP contribution < -0.4 is 5.32 Å². The number of carbonyl (C=O) groups is 2. The van der Waals surface area contributed by atoms with Crippen molar-refractivity contribution in [3.8, 4) is 0 Å². The fraction of sp³-hybridized carbons (Fsp3) is 0.692. The Hall–Kier alpha value is -1.96. The van der Waals surface area contributed by atoms with Gasteiger partial charge in [0.1, 0.15) is 0 Å². The van der Waals surface area contributed by atoms with Gasteiger partial charge >= 0.3 is 12.0 Å². The van der Waals surface area contributed by atoms with Crippen molar-refractivity contribution in [2.75, 3.05) is 32.6 Å². The van der Waals surface area contributed by atoms with Gasteiger partial charge < -0.3 is 9.15 Å². The molecule has 0 bridgehead atoms. The van der Waals surface area contributed by atoms with E-state index in [9.17, 15) is 9.59 Å².